The van der Waals surface area contributed by atoms with E-state index in [0.717, 1.165) is 55.6 Å². The Kier molecular flexibility index (Phi) is 5.25. The number of likely N-dealkylation sites (tertiary alicyclic amines) is 2. The van der Waals surface area contributed by atoms with Gasteiger partial charge in [-0.05, 0) is 90.0 Å². The highest BCUT2D eigenvalue weighted by Gasteiger charge is 2.43. The fourth-order valence-electron chi connectivity index (χ4n) is 5.56. The summed E-state index contributed by atoms with van der Waals surface area (Å²) in [4.78, 5) is 16.9. The van der Waals surface area contributed by atoms with Crippen LogP contribution in [0.25, 0.3) is 6.08 Å². The third kappa shape index (κ3) is 4.02. The number of nitrogens with zero attached hydrogens (tertiary/aromatic N) is 2. The van der Waals surface area contributed by atoms with Crippen LogP contribution in [0.5, 0.6) is 0 Å². The maximum atomic E-state index is 12.5. The van der Waals surface area contributed by atoms with E-state index in [1.165, 1.54) is 19.3 Å². The first-order chi connectivity index (χ1) is 14.1. The number of fused-ring (bicyclic) bond motifs is 2. The van der Waals surface area contributed by atoms with Crippen molar-refractivity contribution in [1.82, 2.24) is 15.1 Å². The van der Waals surface area contributed by atoms with E-state index < -0.39 is 0 Å². The molecule has 29 heavy (non-hydrogen) atoms. The molecule has 1 unspecified atom stereocenters. The number of hydrogen-bond acceptors (Lipinski definition) is 3. The maximum absolute atomic E-state index is 12.5. The van der Waals surface area contributed by atoms with Crippen molar-refractivity contribution in [1.29, 1.82) is 0 Å². The number of nitrogens with one attached hydrogen (secondary N) is 1. The first-order valence-corrected chi connectivity index (χ1v) is 12.2. The lowest BCUT2D eigenvalue weighted by atomic mass is 9.78. The van der Waals surface area contributed by atoms with Crippen molar-refractivity contribution in [2.45, 2.75) is 38.1 Å². The third-order valence-electron chi connectivity index (χ3n) is 7.41. The normalized spacial score (nSPS) is 30.0. The fraction of sp³-hybridized carbons (Fsp3) is 0.565. The smallest absolute Gasteiger partial charge is 0.246 e. The minimum absolute atomic E-state index is 0.141. The Balaban J connectivity index is 1.11. The molecule has 1 N–H and O–H groups in total. The summed E-state index contributed by atoms with van der Waals surface area (Å²) in [5, 5.41) is 8.71. The largest absolute Gasteiger partial charge is 0.359 e. The van der Waals surface area contributed by atoms with Gasteiger partial charge in [0.1, 0.15) is 0 Å². The van der Waals surface area contributed by atoms with Crippen molar-refractivity contribution in [3.63, 3.8) is 0 Å². The zero-order valence-electron chi connectivity index (χ0n) is 16.8. The van der Waals surface area contributed by atoms with Crippen LogP contribution in [-0.4, -0.2) is 53.0 Å². The van der Waals surface area contributed by atoms with Crippen LogP contribution in [0.3, 0.4) is 0 Å². The molecule has 1 saturated carbocycles. The molecule has 1 aromatic heterocycles. The van der Waals surface area contributed by atoms with Gasteiger partial charge in [-0.25, -0.2) is 0 Å². The average molecular weight is 428 g/mol. The summed E-state index contributed by atoms with van der Waals surface area (Å²) in [6, 6.07) is 2.57. The molecule has 5 rings (SSSR count). The Hall–Kier alpha value is -1.66. The second-order valence-corrected chi connectivity index (χ2v) is 10.4. The molecule has 6 heteroatoms. The minimum atomic E-state index is 0.141. The lowest BCUT2D eigenvalue weighted by Crippen LogP contribution is -2.47. The first-order valence-electron chi connectivity index (χ1n) is 10.8. The zero-order valence-corrected chi connectivity index (χ0v) is 18.4. The summed E-state index contributed by atoms with van der Waals surface area (Å²) in [6.07, 6.45) is 14.3. The molecule has 2 bridgehead atoms. The minimum Gasteiger partial charge on any atom is -0.359 e. The highest BCUT2D eigenvalue weighted by atomic mass is 32.1. The summed E-state index contributed by atoms with van der Waals surface area (Å²) < 4.78 is 0. The fourth-order valence-corrected chi connectivity index (χ4v) is 6.49. The van der Waals surface area contributed by atoms with Gasteiger partial charge in [-0.2, -0.15) is 11.3 Å². The van der Waals surface area contributed by atoms with Crippen LogP contribution >= 0.6 is 23.6 Å². The Morgan fingerprint density at radius 2 is 1.97 bits per heavy atom. The number of amides is 1. The molecule has 2 aliphatic carbocycles. The summed E-state index contributed by atoms with van der Waals surface area (Å²) >= 11 is 7.43. The summed E-state index contributed by atoms with van der Waals surface area (Å²) in [7, 11) is 0. The van der Waals surface area contributed by atoms with Crippen LogP contribution in [0.4, 0.5) is 0 Å². The summed E-state index contributed by atoms with van der Waals surface area (Å²) in [5.74, 6) is 1.58. The zero-order chi connectivity index (χ0) is 19.8. The van der Waals surface area contributed by atoms with Crippen LogP contribution < -0.4 is 5.32 Å². The number of piperidine rings is 1. The van der Waals surface area contributed by atoms with E-state index in [9.17, 15) is 4.79 Å². The quantitative estimate of drug-likeness (QED) is 0.451. The van der Waals surface area contributed by atoms with E-state index in [4.69, 9.17) is 12.2 Å². The van der Waals surface area contributed by atoms with Crippen LogP contribution in [-0.2, 0) is 4.79 Å². The summed E-state index contributed by atoms with van der Waals surface area (Å²) in [5.41, 5.74) is 1.43. The Labute approximate surface area is 182 Å². The number of thiophene rings is 1. The van der Waals surface area contributed by atoms with E-state index in [2.05, 4.69) is 27.7 Å². The highest BCUT2D eigenvalue weighted by Crippen LogP contribution is 2.42. The van der Waals surface area contributed by atoms with Crippen molar-refractivity contribution < 1.29 is 4.79 Å². The number of carbonyl (C=O) groups excluding carboxylic acids is 1. The molecule has 4 aliphatic rings. The van der Waals surface area contributed by atoms with Crippen molar-refractivity contribution in [2.75, 3.05) is 26.2 Å². The van der Waals surface area contributed by atoms with Crippen molar-refractivity contribution in [3.8, 4) is 0 Å². The van der Waals surface area contributed by atoms with Gasteiger partial charge in [0.15, 0.2) is 5.11 Å². The van der Waals surface area contributed by atoms with Gasteiger partial charge < -0.3 is 15.1 Å². The van der Waals surface area contributed by atoms with E-state index >= 15 is 0 Å². The second kappa shape index (κ2) is 7.88. The number of hydrogen-bond donors (Lipinski definition) is 1. The topological polar surface area (TPSA) is 35.6 Å². The van der Waals surface area contributed by atoms with Gasteiger partial charge in [0.25, 0.3) is 0 Å². The predicted octanol–water partition coefficient (Wildman–Crippen LogP) is 3.91. The number of thiocarbonyl (C=S) groups is 1. The van der Waals surface area contributed by atoms with Gasteiger partial charge in [0.05, 0.1) is 0 Å². The highest BCUT2D eigenvalue weighted by molar-refractivity contribution is 7.80. The molecular weight excluding hydrogens is 398 g/mol. The Morgan fingerprint density at radius 3 is 2.62 bits per heavy atom. The van der Waals surface area contributed by atoms with Crippen molar-refractivity contribution in [3.05, 3.63) is 40.6 Å². The lowest BCUT2D eigenvalue weighted by molar-refractivity contribution is -0.128. The van der Waals surface area contributed by atoms with Crippen LogP contribution in [0.1, 0.15) is 37.7 Å². The number of rotatable bonds is 3. The van der Waals surface area contributed by atoms with Gasteiger partial charge >= 0.3 is 0 Å². The molecule has 1 amide bonds. The van der Waals surface area contributed by atoms with Crippen LogP contribution in [0.2, 0.25) is 0 Å². The molecule has 1 spiro atoms. The number of carbonyl (C=O) groups is 1. The van der Waals surface area contributed by atoms with Crippen molar-refractivity contribution >= 4 is 40.7 Å². The average Bonchev–Trinajstić information content (AvgIpc) is 3.52. The molecule has 0 aromatic carbocycles. The standard InChI is InChI=1S/C23H29N3OS2/c27-21(4-2-17-5-12-29-15-17)25-9-6-23(7-10-25)8-11-26(16-23)22(28)24-20-14-18-1-3-19(20)13-18/h1-5,12,15,18-20H,6-11,13-14,16H2,(H,24,28)/b4-2+/t18-,19+,20?/m0/s1. The van der Waals surface area contributed by atoms with Crippen LogP contribution in [0, 0.1) is 17.3 Å². The van der Waals surface area contributed by atoms with Gasteiger partial charge in [0, 0.05) is 38.3 Å². The molecule has 3 heterocycles. The molecule has 1 aromatic rings. The van der Waals surface area contributed by atoms with E-state index in [1.807, 2.05) is 22.4 Å². The van der Waals surface area contributed by atoms with Gasteiger partial charge in [-0.3, -0.25) is 4.79 Å². The van der Waals surface area contributed by atoms with E-state index in [-0.39, 0.29) is 5.91 Å². The third-order valence-corrected chi connectivity index (χ3v) is 8.49. The van der Waals surface area contributed by atoms with Gasteiger partial charge in [0.2, 0.25) is 5.91 Å². The molecule has 0 radical (unpaired) electrons. The van der Waals surface area contributed by atoms with E-state index in [1.54, 1.807) is 17.4 Å². The monoisotopic (exact) mass is 427 g/mol. The molecule has 4 nitrogen and oxygen atoms in total. The Bertz CT molecular complexity index is 823. The lowest BCUT2D eigenvalue weighted by Gasteiger charge is -2.39. The molecule has 3 fully saturated rings. The molecular formula is C23H29N3OS2. The van der Waals surface area contributed by atoms with Gasteiger partial charge in [-0.1, -0.05) is 12.2 Å². The molecule has 154 valence electrons. The molecule has 2 aliphatic heterocycles. The Morgan fingerprint density at radius 1 is 1.17 bits per heavy atom. The van der Waals surface area contributed by atoms with Gasteiger partial charge in [-0.15, -0.1) is 0 Å². The SMILES string of the molecule is O=C(/C=C/c1ccsc1)N1CCC2(CC1)CCN(C(=S)NC1C[C@H]3C=C[C@@H]1C3)C2. The second-order valence-electron chi connectivity index (χ2n) is 9.22. The number of allylic oxidation sites excluding steroid dienone is 1. The van der Waals surface area contributed by atoms with E-state index in [0.29, 0.717) is 17.4 Å². The summed E-state index contributed by atoms with van der Waals surface area (Å²) in [6.45, 7) is 3.81. The van der Waals surface area contributed by atoms with Crippen molar-refractivity contribution in [2.24, 2.45) is 17.3 Å². The predicted molar refractivity (Wildman–Crippen MR) is 123 cm³/mol. The molecule has 2 saturated heterocycles. The molecule has 3 atom stereocenters. The van der Waals surface area contributed by atoms with Crippen LogP contribution in [0.15, 0.2) is 35.1 Å². The maximum Gasteiger partial charge on any atom is 0.246 e. The first kappa shape index (κ1) is 19.3.